The molecule has 0 aromatic heterocycles. The fourth-order valence-corrected chi connectivity index (χ4v) is 1.21. The van der Waals surface area contributed by atoms with Crippen molar-refractivity contribution in [1.29, 1.82) is 0 Å². The zero-order valence-corrected chi connectivity index (χ0v) is 8.75. The van der Waals surface area contributed by atoms with Gasteiger partial charge in [0.1, 0.15) is 11.5 Å². The molecule has 0 amide bonds. The second-order valence-corrected chi connectivity index (χ2v) is 2.81. The summed E-state index contributed by atoms with van der Waals surface area (Å²) in [5.74, 6) is 1.65. The van der Waals surface area contributed by atoms with Crippen LogP contribution in [0.4, 0.5) is 0 Å². The van der Waals surface area contributed by atoms with Gasteiger partial charge in [-0.2, -0.15) is 0 Å². The zero-order chi connectivity index (χ0) is 10.4. The number of ether oxygens (including phenoxy) is 2. The Hall–Kier alpha value is -1.44. The molecule has 2 heteroatoms. The first-order valence-electron chi connectivity index (χ1n) is 4.83. The normalized spacial score (nSPS) is 9.57. The summed E-state index contributed by atoms with van der Waals surface area (Å²) in [6, 6.07) is 5.78. The van der Waals surface area contributed by atoms with Crippen LogP contribution in [-0.2, 0) is 0 Å². The number of hydrogen-bond acceptors (Lipinski definition) is 2. The lowest BCUT2D eigenvalue weighted by molar-refractivity contribution is 0.323. The van der Waals surface area contributed by atoms with Gasteiger partial charge in [-0.15, -0.1) is 0 Å². The summed E-state index contributed by atoms with van der Waals surface area (Å²) < 4.78 is 10.8. The molecule has 2 nitrogen and oxygen atoms in total. The van der Waals surface area contributed by atoms with Crippen LogP contribution in [0.15, 0.2) is 24.8 Å². The fraction of sp³-hybridized carbons (Fsp3) is 0.333. The minimum absolute atomic E-state index is 0.659. The van der Waals surface area contributed by atoms with Crippen molar-refractivity contribution >= 4 is 6.08 Å². The Labute approximate surface area is 85.2 Å². The second-order valence-electron chi connectivity index (χ2n) is 2.81. The quantitative estimate of drug-likeness (QED) is 0.713. The van der Waals surface area contributed by atoms with Gasteiger partial charge in [0.15, 0.2) is 0 Å². The molecule has 76 valence electrons. The minimum atomic E-state index is 0.659. The van der Waals surface area contributed by atoms with Gasteiger partial charge in [-0.25, -0.2) is 0 Å². The molecular formula is C12H16O2. The lowest BCUT2D eigenvalue weighted by Gasteiger charge is -2.08. The molecule has 0 unspecified atom stereocenters. The molecule has 0 heterocycles. The van der Waals surface area contributed by atoms with E-state index in [1.165, 1.54) is 0 Å². The lowest BCUT2D eigenvalue weighted by atomic mass is 10.2. The highest BCUT2D eigenvalue weighted by atomic mass is 16.5. The first kappa shape index (κ1) is 10.6. The van der Waals surface area contributed by atoms with E-state index in [1.807, 2.05) is 32.0 Å². The van der Waals surface area contributed by atoms with Gasteiger partial charge < -0.3 is 9.47 Å². The van der Waals surface area contributed by atoms with Crippen LogP contribution < -0.4 is 9.47 Å². The summed E-state index contributed by atoms with van der Waals surface area (Å²) in [7, 11) is 0. The van der Waals surface area contributed by atoms with Crippen LogP contribution in [0.1, 0.15) is 19.4 Å². The summed E-state index contributed by atoms with van der Waals surface area (Å²) in [6.45, 7) is 8.96. The van der Waals surface area contributed by atoms with Crippen molar-refractivity contribution in [2.24, 2.45) is 0 Å². The maximum Gasteiger partial charge on any atom is 0.123 e. The van der Waals surface area contributed by atoms with E-state index in [-0.39, 0.29) is 0 Å². The molecule has 1 aromatic carbocycles. The van der Waals surface area contributed by atoms with E-state index >= 15 is 0 Å². The topological polar surface area (TPSA) is 18.5 Å². The first-order chi connectivity index (χ1) is 6.80. The van der Waals surface area contributed by atoms with E-state index in [9.17, 15) is 0 Å². The third-order valence-electron chi connectivity index (χ3n) is 1.76. The van der Waals surface area contributed by atoms with E-state index < -0.39 is 0 Å². The van der Waals surface area contributed by atoms with Gasteiger partial charge in [0.05, 0.1) is 13.2 Å². The molecule has 0 atom stereocenters. The van der Waals surface area contributed by atoms with Crippen LogP contribution in [0.5, 0.6) is 11.5 Å². The summed E-state index contributed by atoms with van der Waals surface area (Å²) in [5.41, 5.74) is 1.01. The highest BCUT2D eigenvalue weighted by molar-refractivity contribution is 5.53. The van der Waals surface area contributed by atoms with Crippen LogP contribution in [0.2, 0.25) is 0 Å². The first-order valence-corrected chi connectivity index (χ1v) is 4.83. The monoisotopic (exact) mass is 192 g/mol. The van der Waals surface area contributed by atoms with E-state index in [0.717, 1.165) is 17.1 Å². The number of benzene rings is 1. The largest absolute Gasteiger partial charge is 0.494 e. The highest BCUT2D eigenvalue weighted by Gasteiger charge is 1.99. The Morgan fingerprint density at radius 1 is 1.07 bits per heavy atom. The Balaban J connectivity index is 2.94. The van der Waals surface area contributed by atoms with Crippen molar-refractivity contribution in [1.82, 2.24) is 0 Å². The molecule has 0 N–H and O–H groups in total. The summed E-state index contributed by atoms with van der Waals surface area (Å²) >= 11 is 0. The molecule has 0 aliphatic heterocycles. The van der Waals surface area contributed by atoms with Crippen molar-refractivity contribution in [2.75, 3.05) is 13.2 Å². The molecule has 0 bridgehead atoms. The standard InChI is InChI=1S/C12H16O2/c1-4-10-7-11(13-5-2)9-12(8-10)14-6-3/h4,7-9H,1,5-6H2,2-3H3. The van der Waals surface area contributed by atoms with Crippen LogP contribution in [0.25, 0.3) is 6.08 Å². The molecule has 1 rings (SSSR count). The van der Waals surface area contributed by atoms with Gasteiger partial charge in [-0.05, 0) is 31.5 Å². The molecule has 0 saturated carbocycles. The Morgan fingerprint density at radius 2 is 1.57 bits per heavy atom. The van der Waals surface area contributed by atoms with Crippen molar-refractivity contribution in [2.45, 2.75) is 13.8 Å². The zero-order valence-electron chi connectivity index (χ0n) is 8.75. The molecule has 0 fully saturated rings. The molecule has 0 radical (unpaired) electrons. The maximum absolute atomic E-state index is 5.41. The average Bonchev–Trinajstić information content (AvgIpc) is 2.18. The molecule has 0 saturated heterocycles. The predicted octanol–water partition coefficient (Wildman–Crippen LogP) is 3.13. The van der Waals surface area contributed by atoms with Gasteiger partial charge in [0, 0.05) is 6.07 Å². The van der Waals surface area contributed by atoms with Gasteiger partial charge in [-0.1, -0.05) is 12.7 Å². The Kier molecular flexibility index (Phi) is 4.05. The smallest absolute Gasteiger partial charge is 0.123 e. The van der Waals surface area contributed by atoms with E-state index in [2.05, 4.69) is 6.58 Å². The Bertz CT molecular complexity index is 281. The molecule has 0 aliphatic carbocycles. The van der Waals surface area contributed by atoms with Gasteiger partial charge >= 0.3 is 0 Å². The van der Waals surface area contributed by atoms with Crippen molar-refractivity contribution in [3.8, 4) is 11.5 Å². The summed E-state index contributed by atoms with van der Waals surface area (Å²) in [5, 5.41) is 0. The van der Waals surface area contributed by atoms with Gasteiger partial charge in [0.2, 0.25) is 0 Å². The maximum atomic E-state index is 5.41. The van der Waals surface area contributed by atoms with Crippen LogP contribution in [0, 0.1) is 0 Å². The molecule has 14 heavy (non-hydrogen) atoms. The van der Waals surface area contributed by atoms with E-state index in [1.54, 1.807) is 6.08 Å². The number of rotatable bonds is 5. The predicted molar refractivity (Wildman–Crippen MR) is 58.9 cm³/mol. The third kappa shape index (κ3) is 2.80. The average molecular weight is 192 g/mol. The SMILES string of the molecule is C=Cc1cc(OCC)cc(OCC)c1. The Morgan fingerprint density at radius 3 is 1.93 bits per heavy atom. The minimum Gasteiger partial charge on any atom is -0.494 e. The van der Waals surface area contributed by atoms with Crippen molar-refractivity contribution < 1.29 is 9.47 Å². The molecular weight excluding hydrogens is 176 g/mol. The second kappa shape index (κ2) is 5.32. The van der Waals surface area contributed by atoms with Crippen LogP contribution in [-0.4, -0.2) is 13.2 Å². The summed E-state index contributed by atoms with van der Waals surface area (Å²) in [4.78, 5) is 0. The van der Waals surface area contributed by atoms with Gasteiger partial charge in [0.25, 0.3) is 0 Å². The molecule has 0 spiro atoms. The van der Waals surface area contributed by atoms with Crippen molar-refractivity contribution in [3.05, 3.63) is 30.3 Å². The van der Waals surface area contributed by atoms with Crippen LogP contribution in [0.3, 0.4) is 0 Å². The van der Waals surface area contributed by atoms with E-state index in [4.69, 9.17) is 9.47 Å². The fourth-order valence-electron chi connectivity index (χ4n) is 1.21. The van der Waals surface area contributed by atoms with E-state index in [0.29, 0.717) is 13.2 Å². The highest BCUT2D eigenvalue weighted by Crippen LogP contribution is 2.23. The number of hydrogen-bond donors (Lipinski definition) is 0. The van der Waals surface area contributed by atoms with Gasteiger partial charge in [-0.3, -0.25) is 0 Å². The third-order valence-corrected chi connectivity index (χ3v) is 1.76. The van der Waals surface area contributed by atoms with Crippen LogP contribution >= 0.6 is 0 Å². The molecule has 1 aromatic rings. The summed E-state index contributed by atoms with van der Waals surface area (Å²) in [6.07, 6.45) is 1.78. The lowest BCUT2D eigenvalue weighted by Crippen LogP contribution is -1.95. The molecule has 0 aliphatic rings. The van der Waals surface area contributed by atoms with Crippen molar-refractivity contribution in [3.63, 3.8) is 0 Å².